The molecule has 0 amide bonds. The highest BCUT2D eigenvalue weighted by molar-refractivity contribution is 7.90. The molecule has 2 fully saturated rings. The number of hydrogen-bond acceptors (Lipinski definition) is 5. The fourth-order valence-electron chi connectivity index (χ4n) is 3.46. The predicted molar refractivity (Wildman–Crippen MR) is 98.8 cm³/mol. The molecule has 2 saturated heterocycles. The Morgan fingerprint density at radius 3 is 2.20 bits per heavy atom. The van der Waals surface area contributed by atoms with Crippen molar-refractivity contribution < 1.29 is 16.8 Å². The van der Waals surface area contributed by atoms with E-state index in [-0.39, 0.29) is 35.6 Å². The molecule has 142 valence electrons. The fraction of sp³-hybridized carbons (Fsp3) is 0.600. The number of fused-ring (bicyclic) bond motifs is 2. The van der Waals surface area contributed by atoms with Crippen molar-refractivity contribution in [1.29, 1.82) is 0 Å². The van der Waals surface area contributed by atoms with Gasteiger partial charge in [-0.2, -0.15) is 0 Å². The molecule has 10 heteroatoms. The lowest BCUT2D eigenvalue weighted by molar-refractivity contribution is 0.345. The third-order valence-electron chi connectivity index (χ3n) is 4.54. The first-order valence-corrected chi connectivity index (χ1v) is 11.3. The molecule has 2 atom stereocenters. The summed E-state index contributed by atoms with van der Waals surface area (Å²) in [7, 11) is -7.19. The summed E-state index contributed by atoms with van der Waals surface area (Å²) in [5, 5.41) is 3.46. The summed E-state index contributed by atoms with van der Waals surface area (Å²) in [6.45, 7) is -0.148. The highest BCUT2D eigenvalue weighted by atomic mass is 35.5. The lowest BCUT2D eigenvalue weighted by Gasteiger charge is -2.29. The molecule has 2 heterocycles. The van der Waals surface area contributed by atoms with Gasteiger partial charge in [0, 0.05) is 24.7 Å². The first-order chi connectivity index (χ1) is 11.3. The summed E-state index contributed by atoms with van der Waals surface area (Å²) < 4.78 is 53.6. The third-order valence-corrected chi connectivity index (χ3v) is 7.45. The highest BCUT2D eigenvalue weighted by Gasteiger charge is 2.35. The number of halogens is 1. The van der Waals surface area contributed by atoms with Crippen molar-refractivity contribution in [2.75, 3.05) is 12.3 Å². The van der Waals surface area contributed by atoms with Crippen LogP contribution < -0.4 is 14.8 Å². The molecule has 0 aliphatic carbocycles. The average Bonchev–Trinajstić information content (AvgIpc) is 2.86. The van der Waals surface area contributed by atoms with E-state index in [2.05, 4.69) is 14.8 Å². The summed E-state index contributed by atoms with van der Waals surface area (Å²) in [5.74, 6) is -0.266. The number of sulfonamides is 2. The topological polar surface area (TPSA) is 104 Å². The monoisotopic (exact) mass is 409 g/mol. The Morgan fingerprint density at radius 2 is 1.60 bits per heavy atom. The number of piperidine rings is 1. The van der Waals surface area contributed by atoms with Crippen LogP contribution in [0.1, 0.15) is 25.7 Å². The van der Waals surface area contributed by atoms with Crippen LogP contribution >= 0.6 is 12.4 Å². The van der Waals surface area contributed by atoms with Gasteiger partial charge in [-0.15, -0.1) is 12.4 Å². The first kappa shape index (κ1) is 20.6. The van der Waals surface area contributed by atoms with E-state index in [0.717, 1.165) is 25.7 Å². The van der Waals surface area contributed by atoms with Crippen molar-refractivity contribution in [3.8, 4) is 0 Å². The summed E-state index contributed by atoms with van der Waals surface area (Å²) in [6.07, 6.45) is 3.79. The Kier molecular flexibility index (Phi) is 6.86. The summed E-state index contributed by atoms with van der Waals surface area (Å²) in [6, 6.07) is 8.65. The largest absolute Gasteiger partial charge is 0.311 e. The molecule has 0 aromatic heterocycles. The third kappa shape index (κ3) is 5.63. The quantitative estimate of drug-likeness (QED) is 0.611. The van der Waals surface area contributed by atoms with Crippen LogP contribution in [-0.2, 0) is 20.0 Å². The summed E-state index contributed by atoms with van der Waals surface area (Å²) in [4.78, 5) is 0.130. The fourth-order valence-corrected chi connectivity index (χ4v) is 5.83. The van der Waals surface area contributed by atoms with Crippen LogP contribution in [0.2, 0.25) is 0 Å². The van der Waals surface area contributed by atoms with Crippen LogP contribution in [0.25, 0.3) is 0 Å². The molecule has 2 aliphatic heterocycles. The van der Waals surface area contributed by atoms with Gasteiger partial charge in [0.25, 0.3) is 0 Å². The van der Waals surface area contributed by atoms with E-state index >= 15 is 0 Å². The molecule has 0 spiro atoms. The SMILES string of the molecule is Cl.O=S(=O)(CCNS(=O)(=O)c1ccccc1)NC1CC2CCC(C1)N2. The normalized spacial score (nSPS) is 26.2. The summed E-state index contributed by atoms with van der Waals surface area (Å²) >= 11 is 0. The van der Waals surface area contributed by atoms with Crippen molar-refractivity contribution >= 4 is 32.5 Å². The number of benzene rings is 1. The minimum Gasteiger partial charge on any atom is -0.311 e. The molecule has 3 N–H and O–H groups in total. The average molecular weight is 410 g/mol. The van der Waals surface area contributed by atoms with Gasteiger partial charge < -0.3 is 5.32 Å². The zero-order valence-corrected chi connectivity index (χ0v) is 16.2. The second kappa shape index (κ2) is 8.32. The van der Waals surface area contributed by atoms with Crippen LogP contribution in [0.5, 0.6) is 0 Å². The van der Waals surface area contributed by atoms with Gasteiger partial charge in [0.2, 0.25) is 20.0 Å². The van der Waals surface area contributed by atoms with E-state index in [1.54, 1.807) is 18.2 Å². The molecule has 2 bridgehead atoms. The molecule has 2 unspecified atom stereocenters. The maximum Gasteiger partial charge on any atom is 0.240 e. The Morgan fingerprint density at radius 1 is 1.00 bits per heavy atom. The standard InChI is InChI=1S/C15H23N3O4S2.ClH/c19-23(20,18-14-10-12-6-7-13(11-14)17-12)9-8-16-24(21,22)15-4-2-1-3-5-15;/h1-5,12-14,16-18H,6-11H2;1H. The second-order valence-corrected chi connectivity index (χ2v) is 10.1. The first-order valence-electron chi connectivity index (χ1n) is 8.15. The molecule has 25 heavy (non-hydrogen) atoms. The highest BCUT2D eigenvalue weighted by Crippen LogP contribution is 2.27. The van der Waals surface area contributed by atoms with Gasteiger partial charge in [0.1, 0.15) is 0 Å². The minimum atomic E-state index is -3.68. The van der Waals surface area contributed by atoms with E-state index in [1.807, 2.05) is 0 Å². The lowest BCUT2D eigenvalue weighted by Crippen LogP contribution is -2.49. The molecule has 3 rings (SSSR count). The molecule has 2 aliphatic rings. The van der Waals surface area contributed by atoms with Gasteiger partial charge in [-0.25, -0.2) is 26.3 Å². The molecule has 0 radical (unpaired) electrons. The molecule has 0 saturated carbocycles. The Labute approximate surface area is 155 Å². The Bertz CT molecular complexity index is 759. The van der Waals surface area contributed by atoms with Gasteiger partial charge in [-0.1, -0.05) is 18.2 Å². The van der Waals surface area contributed by atoms with Crippen LogP contribution in [0.4, 0.5) is 0 Å². The van der Waals surface area contributed by atoms with Crippen molar-refractivity contribution in [2.45, 2.75) is 48.7 Å². The zero-order chi connectivity index (χ0) is 17.2. The van der Waals surface area contributed by atoms with Gasteiger partial charge in [0.05, 0.1) is 10.6 Å². The maximum atomic E-state index is 12.2. The van der Waals surface area contributed by atoms with Crippen molar-refractivity contribution in [2.24, 2.45) is 0 Å². The van der Waals surface area contributed by atoms with Crippen molar-refractivity contribution in [3.63, 3.8) is 0 Å². The van der Waals surface area contributed by atoms with Gasteiger partial charge >= 0.3 is 0 Å². The molecular weight excluding hydrogens is 386 g/mol. The van der Waals surface area contributed by atoms with E-state index in [0.29, 0.717) is 12.1 Å². The van der Waals surface area contributed by atoms with Crippen LogP contribution in [0, 0.1) is 0 Å². The number of nitrogens with one attached hydrogen (secondary N) is 3. The van der Waals surface area contributed by atoms with Crippen molar-refractivity contribution in [3.05, 3.63) is 30.3 Å². The molecule has 7 nitrogen and oxygen atoms in total. The lowest BCUT2D eigenvalue weighted by atomic mass is 10.0. The number of rotatable bonds is 7. The second-order valence-electron chi connectivity index (χ2n) is 6.45. The zero-order valence-electron chi connectivity index (χ0n) is 13.7. The van der Waals surface area contributed by atoms with E-state index in [1.165, 1.54) is 12.1 Å². The Balaban J connectivity index is 0.00000225. The van der Waals surface area contributed by atoms with Gasteiger partial charge in [-0.3, -0.25) is 0 Å². The summed E-state index contributed by atoms with van der Waals surface area (Å²) in [5.41, 5.74) is 0. The van der Waals surface area contributed by atoms with Crippen molar-refractivity contribution in [1.82, 2.24) is 14.8 Å². The van der Waals surface area contributed by atoms with Gasteiger partial charge in [0.15, 0.2) is 0 Å². The smallest absolute Gasteiger partial charge is 0.240 e. The van der Waals surface area contributed by atoms with Crippen LogP contribution in [0.3, 0.4) is 0 Å². The van der Waals surface area contributed by atoms with E-state index < -0.39 is 20.0 Å². The van der Waals surface area contributed by atoms with Crippen LogP contribution in [-0.4, -0.2) is 47.3 Å². The van der Waals surface area contributed by atoms with Gasteiger partial charge in [-0.05, 0) is 37.8 Å². The molecule has 1 aromatic rings. The molecular formula is C15H24ClN3O4S2. The molecule has 1 aromatic carbocycles. The minimum absolute atomic E-state index is 0. The maximum absolute atomic E-state index is 12.2. The van der Waals surface area contributed by atoms with E-state index in [9.17, 15) is 16.8 Å². The number of hydrogen-bond donors (Lipinski definition) is 3. The Hall–Kier alpha value is -0.710. The predicted octanol–water partition coefficient (Wildman–Crippen LogP) is 0.589. The van der Waals surface area contributed by atoms with E-state index in [4.69, 9.17) is 0 Å². The van der Waals surface area contributed by atoms with Crippen LogP contribution in [0.15, 0.2) is 35.2 Å².